The maximum Gasteiger partial charge on any atom is 0.410 e. The van der Waals surface area contributed by atoms with Gasteiger partial charge >= 0.3 is 6.09 Å². The number of fused-ring (bicyclic) bond motifs is 1. The average molecular weight is 382 g/mol. The van der Waals surface area contributed by atoms with E-state index in [2.05, 4.69) is 20.9 Å². The number of piperidine rings is 1. The summed E-state index contributed by atoms with van der Waals surface area (Å²) in [4.78, 5) is 30.4. The molecule has 1 saturated carbocycles. The van der Waals surface area contributed by atoms with E-state index in [1.165, 1.54) is 0 Å². The normalized spacial score (nSPS) is 29.1. The van der Waals surface area contributed by atoms with Crippen LogP contribution >= 0.6 is 15.9 Å². The number of primary amides is 1. The van der Waals surface area contributed by atoms with Gasteiger partial charge in [0.15, 0.2) is 0 Å². The van der Waals surface area contributed by atoms with E-state index in [0.717, 1.165) is 4.47 Å². The van der Waals surface area contributed by atoms with Crippen LogP contribution in [0.15, 0.2) is 22.8 Å². The lowest BCUT2D eigenvalue weighted by atomic mass is 9.94. The topological polar surface area (TPSA) is 85.5 Å². The quantitative estimate of drug-likeness (QED) is 0.849. The second kappa shape index (κ2) is 5.19. The van der Waals surface area contributed by atoms with Gasteiger partial charge in [-0.1, -0.05) is 0 Å². The Bertz CT molecular complexity index is 659. The first kappa shape index (κ1) is 16.2. The third-order valence-electron chi connectivity index (χ3n) is 4.59. The van der Waals surface area contributed by atoms with E-state index >= 15 is 0 Å². The van der Waals surface area contributed by atoms with E-state index in [9.17, 15) is 9.59 Å². The van der Waals surface area contributed by atoms with E-state index in [4.69, 9.17) is 10.5 Å². The zero-order valence-electron chi connectivity index (χ0n) is 13.4. The number of ether oxygens (including phenoxy) is 1. The third kappa shape index (κ3) is 2.51. The number of nitrogens with two attached hydrogens (primary N) is 1. The van der Waals surface area contributed by atoms with Crippen molar-refractivity contribution in [1.82, 2.24) is 9.88 Å². The van der Waals surface area contributed by atoms with E-state index in [0.29, 0.717) is 18.8 Å². The average Bonchev–Trinajstić information content (AvgIpc) is 2.84. The number of halogens is 1. The van der Waals surface area contributed by atoms with Crippen LogP contribution in [-0.2, 0) is 14.9 Å². The number of pyridine rings is 1. The van der Waals surface area contributed by atoms with Gasteiger partial charge < -0.3 is 15.4 Å². The highest BCUT2D eigenvalue weighted by atomic mass is 79.9. The lowest BCUT2D eigenvalue weighted by molar-refractivity contribution is -0.121. The summed E-state index contributed by atoms with van der Waals surface area (Å²) in [6, 6.07) is 3.65. The van der Waals surface area contributed by atoms with Crippen molar-refractivity contribution in [2.24, 2.45) is 17.6 Å². The van der Waals surface area contributed by atoms with Gasteiger partial charge in [0.25, 0.3) is 0 Å². The fraction of sp³-hybridized carbons (Fsp3) is 0.562. The molecule has 1 aromatic heterocycles. The van der Waals surface area contributed by atoms with Gasteiger partial charge in [-0.05, 0) is 48.8 Å². The molecule has 1 unspecified atom stereocenters. The smallest absolute Gasteiger partial charge is 0.410 e. The standard InChI is InChI=1S/C16H20BrN3O3/c1-15(2,3)23-14(22)20-7-9-10(8-20)16(9,13(18)21)12-11(17)5-4-6-19-12/h4-6,9-10H,7-8H2,1-3H3,(H2,18,21)/t9-,10?,16-/m0/s1. The van der Waals surface area contributed by atoms with Crippen LogP contribution in [0.3, 0.4) is 0 Å². The molecule has 3 atom stereocenters. The van der Waals surface area contributed by atoms with Crippen molar-refractivity contribution in [3.63, 3.8) is 0 Å². The Morgan fingerprint density at radius 3 is 2.48 bits per heavy atom. The molecule has 0 spiro atoms. The predicted molar refractivity (Wildman–Crippen MR) is 87.6 cm³/mol. The van der Waals surface area contributed by atoms with Crippen LogP contribution in [0.25, 0.3) is 0 Å². The van der Waals surface area contributed by atoms with E-state index < -0.39 is 11.0 Å². The molecule has 0 aromatic carbocycles. The number of likely N-dealkylation sites (tertiary alicyclic amines) is 1. The Morgan fingerprint density at radius 1 is 1.39 bits per heavy atom. The predicted octanol–water partition coefficient (Wildman–Crippen LogP) is 2.06. The fourth-order valence-electron chi connectivity index (χ4n) is 3.63. The molecule has 2 aliphatic rings. The Hall–Kier alpha value is -1.63. The van der Waals surface area contributed by atoms with Gasteiger partial charge in [0.05, 0.1) is 5.69 Å². The Balaban J connectivity index is 1.80. The van der Waals surface area contributed by atoms with Gasteiger partial charge in [-0.25, -0.2) is 4.79 Å². The number of amides is 2. The third-order valence-corrected chi connectivity index (χ3v) is 5.23. The molecular formula is C16H20BrN3O3. The van der Waals surface area contributed by atoms with Gasteiger partial charge in [-0.15, -0.1) is 0 Å². The lowest BCUT2D eigenvalue weighted by Gasteiger charge is -2.28. The summed E-state index contributed by atoms with van der Waals surface area (Å²) in [6.07, 6.45) is 1.31. The zero-order valence-corrected chi connectivity index (χ0v) is 15.0. The Labute approximate surface area is 143 Å². The highest BCUT2D eigenvalue weighted by Crippen LogP contribution is 2.64. The molecule has 0 bridgehead atoms. The van der Waals surface area contributed by atoms with E-state index in [1.54, 1.807) is 17.2 Å². The number of nitrogens with zero attached hydrogens (tertiary/aromatic N) is 2. The fourth-order valence-corrected chi connectivity index (χ4v) is 4.21. The van der Waals surface area contributed by atoms with Crippen molar-refractivity contribution < 1.29 is 14.3 Å². The largest absolute Gasteiger partial charge is 0.444 e. The number of carbonyl (C=O) groups excluding carboxylic acids is 2. The first-order chi connectivity index (χ1) is 10.7. The van der Waals surface area contributed by atoms with Crippen LogP contribution in [0.1, 0.15) is 26.5 Å². The Kier molecular flexibility index (Phi) is 3.66. The molecule has 1 aliphatic heterocycles. The molecule has 2 N–H and O–H groups in total. The molecule has 0 radical (unpaired) electrons. The van der Waals surface area contributed by atoms with Gasteiger partial charge in [0, 0.05) is 35.6 Å². The minimum absolute atomic E-state index is 0.00119. The van der Waals surface area contributed by atoms with Crippen LogP contribution in [-0.4, -0.2) is 40.6 Å². The van der Waals surface area contributed by atoms with Gasteiger partial charge in [-0.2, -0.15) is 0 Å². The maximum atomic E-state index is 12.2. The molecule has 1 aliphatic carbocycles. The second-order valence-electron chi connectivity index (χ2n) is 7.17. The number of aromatic nitrogens is 1. The van der Waals surface area contributed by atoms with Crippen molar-refractivity contribution >= 4 is 27.9 Å². The number of carbonyl (C=O) groups is 2. The Morgan fingerprint density at radius 2 is 2.00 bits per heavy atom. The van der Waals surface area contributed by atoms with E-state index in [-0.39, 0.29) is 23.8 Å². The molecule has 3 rings (SSSR count). The number of rotatable bonds is 2. The van der Waals surface area contributed by atoms with Crippen molar-refractivity contribution in [3.8, 4) is 0 Å². The molecule has 2 fully saturated rings. The maximum absolute atomic E-state index is 12.2. The highest BCUT2D eigenvalue weighted by molar-refractivity contribution is 9.10. The molecule has 7 heteroatoms. The van der Waals surface area contributed by atoms with Crippen molar-refractivity contribution in [2.75, 3.05) is 13.1 Å². The van der Waals surface area contributed by atoms with E-state index in [1.807, 2.05) is 26.8 Å². The van der Waals surface area contributed by atoms with Crippen LogP contribution in [0.5, 0.6) is 0 Å². The first-order valence-corrected chi connectivity index (χ1v) is 8.36. The lowest BCUT2D eigenvalue weighted by Crippen LogP contribution is -2.43. The number of hydrogen-bond acceptors (Lipinski definition) is 4. The highest BCUT2D eigenvalue weighted by Gasteiger charge is 2.74. The summed E-state index contributed by atoms with van der Waals surface area (Å²) < 4.78 is 6.17. The SMILES string of the molecule is CC(C)(C)OC(=O)N1CC2[C@H](C1)[C@@]2(C(N)=O)c1ncccc1Br. The summed E-state index contributed by atoms with van der Waals surface area (Å²) in [6.45, 7) is 6.43. The molecule has 2 heterocycles. The van der Waals surface area contributed by atoms with Gasteiger partial charge in [0.1, 0.15) is 11.0 Å². The summed E-state index contributed by atoms with van der Waals surface area (Å²) in [7, 11) is 0. The van der Waals surface area contributed by atoms with Gasteiger partial charge in [0.2, 0.25) is 5.91 Å². The minimum atomic E-state index is -0.779. The van der Waals surface area contributed by atoms with Crippen LogP contribution < -0.4 is 5.73 Å². The molecule has 1 aromatic rings. The molecule has 2 amide bonds. The molecule has 1 saturated heterocycles. The van der Waals surface area contributed by atoms with Crippen LogP contribution in [0.4, 0.5) is 4.79 Å². The summed E-state index contributed by atoms with van der Waals surface area (Å²) >= 11 is 3.46. The minimum Gasteiger partial charge on any atom is -0.444 e. The van der Waals surface area contributed by atoms with Crippen LogP contribution in [0.2, 0.25) is 0 Å². The summed E-state index contributed by atoms with van der Waals surface area (Å²) in [5, 5.41) is 0. The summed E-state index contributed by atoms with van der Waals surface area (Å²) in [5.74, 6) is -0.381. The molecule has 23 heavy (non-hydrogen) atoms. The van der Waals surface area contributed by atoms with Gasteiger partial charge in [-0.3, -0.25) is 9.78 Å². The monoisotopic (exact) mass is 381 g/mol. The van der Waals surface area contributed by atoms with Crippen LogP contribution in [0, 0.1) is 11.8 Å². The first-order valence-electron chi connectivity index (χ1n) is 7.56. The number of hydrogen-bond donors (Lipinski definition) is 1. The second-order valence-corrected chi connectivity index (χ2v) is 8.02. The molecular weight excluding hydrogens is 362 g/mol. The zero-order chi connectivity index (χ0) is 17.0. The molecule has 124 valence electrons. The summed E-state index contributed by atoms with van der Waals surface area (Å²) in [5.41, 5.74) is 5.07. The van der Waals surface area contributed by atoms with Crippen molar-refractivity contribution in [2.45, 2.75) is 31.8 Å². The van der Waals surface area contributed by atoms with Crippen molar-refractivity contribution in [3.05, 3.63) is 28.5 Å². The molecule has 6 nitrogen and oxygen atoms in total. The van der Waals surface area contributed by atoms with Crippen molar-refractivity contribution in [1.29, 1.82) is 0 Å².